The highest BCUT2D eigenvalue weighted by Crippen LogP contribution is 2.50. The minimum absolute atomic E-state index is 0.0966. The molecule has 1 aromatic rings. The molecule has 0 radical (unpaired) electrons. The minimum atomic E-state index is -0.978. The van der Waals surface area contributed by atoms with E-state index in [1.165, 1.54) is 6.92 Å². The zero-order valence-corrected chi connectivity index (χ0v) is 15.1. The van der Waals surface area contributed by atoms with E-state index >= 15 is 0 Å². The molecule has 0 bridgehead atoms. The zero-order chi connectivity index (χ0) is 18.8. The highest BCUT2D eigenvalue weighted by Gasteiger charge is 2.51. The summed E-state index contributed by atoms with van der Waals surface area (Å²) in [7, 11) is 0. The van der Waals surface area contributed by atoms with Gasteiger partial charge in [0, 0.05) is 23.5 Å². The van der Waals surface area contributed by atoms with Crippen molar-refractivity contribution >= 4 is 5.97 Å². The predicted octanol–water partition coefficient (Wildman–Crippen LogP) is 1.81. The summed E-state index contributed by atoms with van der Waals surface area (Å²) in [4.78, 5) is 12.2. The van der Waals surface area contributed by atoms with Crippen LogP contribution in [0.1, 0.15) is 61.2 Å². The topological polar surface area (TPSA) is 105 Å². The van der Waals surface area contributed by atoms with Crippen molar-refractivity contribution in [3.8, 4) is 11.5 Å². The smallest absolute Gasteiger partial charge is 0.343 e. The Balaban J connectivity index is 1.79. The van der Waals surface area contributed by atoms with Crippen molar-refractivity contribution in [3.05, 3.63) is 22.8 Å². The van der Waals surface area contributed by atoms with E-state index in [-0.39, 0.29) is 23.3 Å². The Labute approximate surface area is 151 Å². The fourth-order valence-electron chi connectivity index (χ4n) is 4.39. The van der Waals surface area contributed by atoms with Crippen molar-refractivity contribution in [2.75, 3.05) is 0 Å². The molecule has 6 atom stereocenters. The molecule has 0 aliphatic carbocycles. The number of carbonyl (C=O) groups is 1. The van der Waals surface area contributed by atoms with Gasteiger partial charge in [0.15, 0.2) is 6.10 Å². The van der Waals surface area contributed by atoms with Crippen molar-refractivity contribution < 1.29 is 34.3 Å². The molecule has 3 aliphatic heterocycles. The normalized spacial score (nSPS) is 36.9. The summed E-state index contributed by atoms with van der Waals surface area (Å²) >= 11 is 0. The number of aliphatic hydroxyl groups excluding tert-OH is 2. The van der Waals surface area contributed by atoms with Crippen molar-refractivity contribution in [1.82, 2.24) is 0 Å². The summed E-state index contributed by atoms with van der Waals surface area (Å²) < 4.78 is 17.5. The molecule has 3 N–H and O–H groups in total. The number of hydrogen-bond donors (Lipinski definition) is 3. The van der Waals surface area contributed by atoms with Crippen LogP contribution in [0.4, 0.5) is 0 Å². The SMILES string of the molecule is C[C@H](O)[C@H]1OC(=O)c2c1cc1c(c2O)C[C@H](C)[C@@]2(C[C@H](O)C[C@H](C)O2)O1. The molecule has 7 nitrogen and oxygen atoms in total. The third kappa shape index (κ3) is 2.49. The Kier molecular flexibility index (Phi) is 3.95. The van der Waals surface area contributed by atoms with Gasteiger partial charge in [-0.05, 0) is 32.8 Å². The summed E-state index contributed by atoms with van der Waals surface area (Å²) in [5.41, 5.74) is 1.04. The molecule has 142 valence electrons. The summed E-state index contributed by atoms with van der Waals surface area (Å²) in [5.74, 6) is -1.49. The van der Waals surface area contributed by atoms with E-state index in [1.807, 2.05) is 13.8 Å². The summed E-state index contributed by atoms with van der Waals surface area (Å²) in [6, 6.07) is 1.65. The van der Waals surface area contributed by atoms with Gasteiger partial charge in [-0.1, -0.05) is 6.92 Å². The van der Waals surface area contributed by atoms with Gasteiger partial charge in [-0.15, -0.1) is 0 Å². The first-order chi connectivity index (χ1) is 12.2. The third-order valence-electron chi connectivity index (χ3n) is 5.65. The Morgan fingerprint density at radius 2 is 2.08 bits per heavy atom. The minimum Gasteiger partial charge on any atom is -0.507 e. The molecule has 1 spiro atoms. The van der Waals surface area contributed by atoms with E-state index in [2.05, 4.69) is 0 Å². The van der Waals surface area contributed by atoms with Gasteiger partial charge >= 0.3 is 5.97 Å². The largest absolute Gasteiger partial charge is 0.507 e. The predicted molar refractivity (Wildman–Crippen MR) is 90.0 cm³/mol. The number of hydrogen-bond acceptors (Lipinski definition) is 7. The van der Waals surface area contributed by atoms with Crippen LogP contribution in [0.2, 0.25) is 0 Å². The number of esters is 1. The fraction of sp³-hybridized carbons (Fsp3) is 0.632. The molecular formula is C19H24O7. The molecule has 0 saturated carbocycles. The summed E-state index contributed by atoms with van der Waals surface area (Å²) in [6.45, 7) is 5.36. The molecule has 4 rings (SSSR count). The highest BCUT2D eigenvalue weighted by atomic mass is 16.7. The van der Waals surface area contributed by atoms with E-state index in [0.717, 1.165) is 0 Å². The number of aliphatic hydroxyl groups is 2. The molecular weight excluding hydrogens is 340 g/mol. The number of phenols is 1. The molecule has 3 heterocycles. The lowest BCUT2D eigenvalue weighted by Crippen LogP contribution is -2.55. The van der Waals surface area contributed by atoms with E-state index in [4.69, 9.17) is 14.2 Å². The van der Waals surface area contributed by atoms with Gasteiger partial charge < -0.3 is 29.5 Å². The Morgan fingerprint density at radius 1 is 1.35 bits per heavy atom. The van der Waals surface area contributed by atoms with Gasteiger partial charge in [-0.25, -0.2) is 4.79 Å². The fourth-order valence-corrected chi connectivity index (χ4v) is 4.39. The lowest BCUT2D eigenvalue weighted by molar-refractivity contribution is -0.281. The van der Waals surface area contributed by atoms with E-state index in [1.54, 1.807) is 6.07 Å². The monoisotopic (exact) mass is 364 g/mol. The first-order valence-corrected chi connectivity index (χ1v) is 9.04. The third-order valence-corrected chi connectivity index (χ3v) is 5.65. The Morgan fingerprint density at radius 3 is 2.73 bits per heavy atom. The van der Waals surface area contributed by atoms with Crippen LogP contribution >= 0.6 is 0 Å². The number of fused-ring (bicyclic) bond motifs is 2. The molecule has 1 fully saturated rings. The summed E-state index contributed by atoms with van der Waals surface area (Å²) in [6.07, 6.45) is -1.11. The van der Waals surface area contributed by atoms with Gasteiger partial charge in [0.25, 0.3) is 0 Å². The standard InChI is InChI=1S/C19H24O7/c1-8-4-12-14(26-19(8)7-11(21)5-9(2)25-19)6-13-15(16(12)22)18(23)24-17(13)10(3)20/h6,8-11,17,20-22H,4-5,7H2,1-3H3/t8-,9-,10-,11+,17+,19+/m0/s1. The number of ether oxygens (including phenoxy) is 3. The Bertz CT molecular complexity index is 747. The van der Waals surface area contributed by atoms with Gasteiger partial charge in [-0.2, -0.15) is 0 Å². The van der Waals surface area contributed by atoms with Gasteiger partial charge in [0.05, 0.1) is 18.3 Å². The molecule has 0 aromatic heterocycles. The molecule has 1 saturated heterocycles. The van der Waals surface area contributed by atoms with Crippen LogP contribution in [0.15, 0.2) is 6.07 Å². The van der Waals surface area contributed by atoms with E-state index in [0.29, 0.717) is 36.1 Å². The number of rotatable bonds is 1. The van der Waals surface area contributed by atoms with Crippen LogP contribution in [-0.4, -0.2) is 45.4 Å². The number of carbonyl (C=O) groups excluding carboxylic acids is 1. The molecule has 0 unspecified atom stereocenters. The average Bonchev–Trinajstić information content (AvgIpc) is 2.86. The maximum absolute atomic E-state index is 12.2. The first kappa shape index (κ1) is 17.6. The second kappa shape index (κ2) is 5.84. The van der Waals surface area contributed by atoms with Crippen LogP contribution in [0, 0.1) is 5.92 Å². The van der Waals surface area contributed by atoms with Crippen LogP contribution < -0.4 is 4.74 Å². The molecule has 26 heavy (non-hydrogen) atoms. The van der Waals surface area contributed by atoms with E-state index < -0.39 is 30.1 Å². The van der Waals surface area contributed by atoms with Crippen LogP contribution in [0.3, 0.4) is 0 Å². The lowest BCUT2D eigenvalue weighted by Gasteiger charge is -2.48. The van der Waals surface area contributed by atoms with Crippen LogP contribution in [-0.2, 0) is 15.9 Å². The van der Waals surface area contributed by atoms with Gasteiger partial charge in [0.1, 0.15) is 17.1 Å². The van der Waals surface area contributed by atoms with Crippen molar-refractivity contribution in [2.45, 2.75) is 70.2 Å². The number of aromatic hydroxyl groups is 1. The Hall–Kier alpha value is -1.83. The van der Waals surface area contributed by atoms with E-state index in [9.17, 15) is 20.1 Å². The van der Waals surface area contributed by atoms with Crippen molar-refractivity contribution in [1.29, 1.82) is 0 Å². The first-order valence-electron chi connectivity index (χ1n) is 9.04. The maximum atomic E-state index is 12.2. The van der Waals surface area contributed by atoms with Gasteiger partial charge in [0.2, 0.25) is 5.79 Å². The highest BCUT2D eigenvalue weighted by molar-refractivity contribution is 5.98. The quantitative estimate of drug-likeness (QED) is 0.653. The molecule has 3 aliphatic rings. The molecule has 1 aromatic carbocycles. The second-order valence-corrected chi connectivity index (χ2v) is 7.77. The molecule has 7 heteroatoms. The van der Waals surface area contributed by atoms with Crippen molar-refractivity contribution in [2.24, 2.45) is 5.92 Å². The van der Waals surface area contributed by atoms with Gasteiger partial charge in [-0.3, -0.25) is 0 Å². The maximum Gasteiger partial charge on any atom is 0.343 e. The number of phenolic OH excluding ortho intramolecular Hbond substituents is 1. The number of benzene rings is 1. The number of cyclic esters (lactones) is 1. The second-order valence-electron chi connectivity index (χ2n) is 7.77. The molecule has 0 amide bonds. The van der Waals surface area contributed by atoms with Crippen LogP contribution in [0.25, 0.3) is 0 Å². The lowest BCUT2D eigenvalue weighted by atomic mass is 9.82. The van der Waals surface area contributed by atoms with Crippen LogP contribution in [0.5, 0.6) is 11.5 Å². The summed E-state index contributed by atoms with van der Waals surface area (Å²) in [5, 5.41) is 30.8. The average molecular weight is 364 g/mol. The van der Waals surface area contributed by atoms with Crippen molar-refractivity contribution in [3.63, 3.8) is 0 Å². The zero-order valence-electron chi connectivity index (χ0n) is 15.1.